The van der Waals surface area contributed by atoms with Crippen molar-refractivity contribution in [3.8, 4) is 23.1 Å². The van der Waals surface area contributed by atoms with Gasteiger partial charge in [0.1, 0.15) is 11.6 Å². The molecule has 9 heteroatoms. The Morgan fingerprint density at radius 2 is 1.81 bits per heavy atom. The molecule has 2 amide bonds. The fourth-order valence-corrected chi connectivity index (χ4v) is 2.76. The molecule has 2 N–H and O–H groups in total. The van der Waals surface area contributed by atoms with Crippen molar-refractivity contribution in [1.82, 2.24) is 15.6 Å². The van der Waals surface area contributed by atoms with Crippen molar-refractivity contribution in [1.29, 1.82) is 0 Å². The standard InChI is InChI=1S/C22H18FN3O5/c23-16-3-5-17(6-4-16)31-21-8-1-14(11-25-21)10-24-20(27)12-26-22(28)15-2-7-18-19(9-15)30-13-29-18/h1-9,11H,10,12-13H2,(H,24,27)(H,26,28). The highest BCUT2D eigenvalue weighted by Crippen LogP contribution is 2.32. The number of pyridine rings is 1. The molecule has 1 aromatic heterocycles. The molecule has 0 atom stereocenters. The maximum Gasteiger partial charge on any atom is 0.251 e. The van der Waals surface area contributed by atoms with E-state index in [0.29, 0.717) is 28.7 Å². The predicted molar refractivity (Wildman–Crippen MR) is 107 cm³/mol. The fraction of sp³-hybridized carbons (Fsp3) is 0.136. The Bertz CT molecular complexity index is 1090. The topological polar surface area (TPSA) is 98.8 Å². The molecule has 0 radical (unpaired) electrons. The van der Waals surface area contributed by atoms with E-state index in [-0.39, 0.29) is 31.6 Å². The Morgan fingerprint density at radius 1 is 1.00 bits per heavy atom. The van der Waals surface area contributed by atoms with Gasteiger partial charge in [-0.05, 0) is 48.0 Å². The number of amides is 2. The summed E-state index contributed by atoms with van der Waals surface area (Å²) >= 11 is 0. The van der Waals surface area contributed by atoms with Crippen molar-refractivity contribution in [2.24, 2.45) is 0 Å². The summed E-state index contributed by atoms with van der Waals surface area (Å²) in [4.78, 5) is 28.4. The van der Waals surface area contributed by atoms with Gasteiger partial charge in [0.25, 0.3) is 5.91 Å². The summed E-state index contributed by atoms with van der Waals surface area (Å²) in [5.74, 6) is 0.802. The molecular weight excluding hydrogens is 405 g/mol. The summed E-state index contributed by atoms with van der Waals surface area (Å²) in [5, 5.41) is 5.26. The second kappa shape index (κ2) is 9.12. The third-order valence-corrected chi connectivity index (χ3v) is 4.37. The molecule has 1 aliphatic heterocycles. The lowest BCUT2D eigenvalue weighted by Crippen LogP contribution is -2.36. The van der Waals surface area contributed by atoms with Gasteiger partial charge in [-0.25, -0.2) is 9.37 Å². The highest BCUT2D eigenvalue weighted by molar-refractivity contribution is 5.97. The molecule has 0 aliphatic carbocycles. The summed E-state index contributed by atoms with van der Waals surface area (Å²) in [6.07, 6.45) is 1.56. The first-order chi connectivity index (χ1) is 15.1. The molecule has 4 rings (SSSR count). The minimum Gasteiger partial charge on any atom is -0.454 e. The molecule has 2 heterocycles. The summed E-state index contributed by atoms with van der Waals surface area (Å²) < 4.78 is 28.9. The zero-order valence-corrected chi connectivity index (χ0v) is 16.3. The molecule has 31 heavy (non-hydrogen) atoms. The van der Waals surface area contributed by atoms with E-state index in [0.717, 1.165) is 5.56 Å². The largest absolute Gasteiger partial charge is 0.454 e. The number of rotatable bonds is 7. The molecule has 3 aromatic rings. The van der Waals surface area contributed by atoms with Crippen LogP contribution in [-0.2, 0) is 11.3 Å². The minimum atomic E-state index is -0.391. The van der Waals surface area contributed by atoms with E-state index in [1.54, 1.807) is 36.5 Å². The van der Waals surface area contributed by atoms with Gasteiger partial charge >= 0.3 is 0 Å². The van der Waals surface area contributed by atoms with Crippen LogP contribution in [0.25, 0.3) is 0 Å². The minimum absolute atomic E-state index is 0.122. The Hall–Kier alpha value is -4.14. The smallest absolute Gasteiger partial charge is 0.251 e. The first kappa shape index (κ1) is 20.1. The van der Waals surface area contributed by atoms with Crippen LogP contribution in [0.1, 0.15) is 15.9 Å². The van der Waals surface area contributed by atoms with Crippen molar-refractivity contribution in [2.75, 3.05) is 13.3 Å². The summed E-state index contributed by atoms with van der Waals surface area (Å²) in [6, 6.07) is 13.8. The lowest BCUT2D eigenvalue weighted by molar-refractivity contribution is -0.120. The first-order valence-electron chi connectivity index (χ1n) is 9.40. The Balaban J connectivity index is 1.22. The lowest BCUT2D eigenvalue weighted by atomic mass is 10.2. The zero-order valence-electron chi connectivity index (χ0n) is 16.3. The number of benzene rings is 2. The van der Waals surface area contributed by atoms with Gasteiger partial charge in [-0.3, -0.25) is 9.59 Å². The van der Waals surface area contributed by atoms with Gasteiger partial charge in [0, 0.05) is 24.4 Å². The number of hydrogen-bond acceptors (Lipinski definition) is 6. The molecule has 0 bridgehead atoms. The number of aromatic nitrogens is 1. The number of carbonyl (C=O) groups excluding carboxylic acids is 2. The molecule has 8 nitrogen and oxygen atoms in total. The average Bonchev–Trinajstić information content (AvgIpc) is 3.26. The van der Waals surface area contributed by atoms with Crippen LogP contribution in [-0.4, -0.2) is 30.1 Å². The molecule has 0 saturated heterocycles. The van der Waals surface area contributed by atoms with E-state index < -0.39 is 5.91 Å². The van der Waals surface area contributed by atoms with E-state index >= 15 is 0 Å². The molecule has 1 aliphatic rings. The van der Waals surface area contributed by atoms with E-state index in [1.165, 1.54) is 24.3 Å². The van der Waals surface area contributed by atoms with Gasteiger partial charge in [-0.2, -0.15) is 0 Å². The number of fused-ring (bicyclic) bond motifs is 1. The molecule has 0 fully saturated rings. The molecule has 0 saturated carbocycles. The Morgan fingerprint density at radius 3 is 2.58 bits per heavy atom. The van der Waals surface area contributed by atoms with Gasteiger partial charge in [-0.1, -0.05) is 6.07 Å². The van der Waals surface area contributed by atoms with Crippen LogP contribution in [0.3, 0.4) is 0 Å². The average molecular weight is 423 g/mol. The van der Waals surface area contributed by atoms with Crippen LogP contribution >= 0.6 is 0 Å². The van der Waals surface area contributed by atoms with Crippen molar-refractivity contribution in [2.45, 2.75) is 6.54 Å². The third kappa shape index (κ3) is 5.27. The number of hydrogen-bond donors (Lipinski definition) is 2. The van der Waals surface area contributed by atoms with E-state index in [4.69, 9.17) is 14.2 Å². The molecule has 0 unspecified atom stereocenters. The predicted octanol–water partition coefficient (Wildman–Crippen LogP) is 2.79. The Labute approximate surface area is 177 Å². The number of halogens is 1. The number of nitrogens with one attached hydrogen (secondary N) is 2. The molecular formula is C22H18FN3O5. The van der Waals surface area contributed by atoms with Crippen LogP contribution in [0.4, 0.5) is 4.39 Å². The number of carbonyl (C=O) groups is 2. The SMILES string of the molecule is O=C(CNC(=O)c1ccc2c(c1)OCO2)NCc1ccc(Oc2ccc(F)cc2)nc1. The van der Waals surface area contributed by atoms with Crippen LogP contribution in [0.15, 0.2) is 60.8 Å². The summed E-state index contributed by atoms with van der Waals surface area (Å²) in [7, 11) is 0. The maximum atomic E-state index is 12.9. The van der Waals surface area contributed by atoms with Crippen molar-refractivity contribution in [3.63, 3.8) is 0 Å². The van der Waals surface area contributed by atoms with E-state index in [1.807, 2.05) is 0 Å². The zero-order chi connectivity index (χ0) is 21.6. The molecule has 158 valence electrons. The van der Waals surface area contributed by atoms with Gasteiger partial charge < -0.3 is 24.8 Å². The summed E-state index contributed by atoms with van der Waals surface area (Å²) in [6.45, 7) is 0.187. The monoisotopic (exact) mass is 423 g/mol. The Kier molecular flexibility index (Phi) is 5.93. The van der Waals surface area contributed by atoms with Crippen LogP contribution in [0.2, 0.25) is 0 Å². The van der Waals surface area contributed by atoms with Crippen molar-refractivity contribution in [3.05, 3.63) is 77.7 Å². The highest BCUT2D eigenvalue weighted by atomic mass is 19.1. The van der Waals surface area contributed by atoms with Gasteiger partial charge in [0.05, 0.1) is 6.54 Å². The van der Waals surface area contributed by atoms with Gasteiger partial charge in [0.15, 0.2) is 11.5 Å². The molecule has 2 aromatic carbocycles. The molecule has 0 spiro atoms. The van der Waals surface area contributed by atoms with Crippen LogP contribution in [0.5, 0.6) is 23.1 Å². The van der Waals surface area contributed by atoms with Crippen molar-refractivity contribution >= 4 is 11.8 Å². The van der Waals surface area contributed by atoms with E-state index in [2.05, 4.69) is 15.6 Å². The van der Waals surface area contributed by atoms with Crippen LogP contribution in [0, 0.1) is 5.82 Å². The van der Waals surface area contributed by atoms with Gasteiger partial charge in [-0.15, -0.1) is 0 Å². The normalized spacial score (nSPS) is 11.6. The quantitative estimate of drug-likeness (QED) is 0.606. The third-order valence-electron chi connectivity index (χ3n) is 4.37. The fourth-order valence-electron chi connectivity index (χ4n) is 2.76. The highest BCUT2D eigenvalue weighted by Gasteiger charge is 2.16. The number of ether oxygens (including phenoxy) is 3. The second-order valence-corrected chi connectivity index (χ2v) is 6.59. The summed E-state index contributed by atoms with van der Waals surface area (Å²) in [5.41, 5.74) is 1.12. The lowest BCUT2D eigenvalue weighted by Gasteiger charge is -2.08. The van der Waals surface area contributed by atoms with Gasteiger partial charge in [0.2, 0.25) is 18.6 Å². The van der Waals surface area contributed by atoms with E-state index in [9.17, 15) is 14.0 Å². The first-order valence-corrected chi connectivity index (χ1v) is 9.40. The number of nitrogens with zero attached hydrogens (tertiary/aromatic N) is 1. The second-order valence-electron chi connectivity index (χ2n) is 6.59. The maximum absolute atomic E-state index is 12.9. The van der Waals surface area contributed by atoms with Crippen LogP contribution < -0.4 is 24.8 Å². The van der Waals surface area contributed by atoms with Crippen molar-refractivity contribution < 1.29 is 28.2 Å².